The van der Waals surface area contributed by atoms with Crippen molar-refractivity contribution in [1.29, 1.82) is 0 Å². The minimum atomic E-state index is 0.358. The SMILES string of the molecule is CNc1noc2cc(COc3ccc4c(c3)CC(C)(C)CC4)c(Cl)cc12. The van der Waals surface area contributed by atoms with Gasteiger partial charge in [-0.25, -0.2) is 0 Å². The lowest BCUT2D eigenvalue weighted by atomic mass is 9.74. The second-order valence-electron chi connectivity index (χ2n) is 7.78. The monoisotopic (exact) mass is 370 g/mol. The maximum absolute atomic E-state index is 6.43. The Morgan fingerprint density at radius 1 is 1.23 bits per heavy atom. The number of rotatable bonds is 4. The fourth-order valence-electron chi connectivity index (χ4n) is 3.63. The molecule has 4 rings (SSSR count). The van der Waals surface area contributed by atoms with Gasteiger partial charge >= 0.3 is 0 Å². The van der Waals surface area contributed by atoms with Crippen molar-refractivity contribution in [2.45, 2.75) is 39.7 Å². The second-order valence-corrected chi connectivity index (χ2v) is 8.19. The largest absolute Gasteiger partial charge is 0.489 e. The number of ether oxygens (including phenoxy) is 1. The number of aryl methyl sites for hydroxylation is 1. The predicted octanol–water partition coefficient (Wildman–Crippen LogP) is 5.62. The number of halogens is 1. The molecule has 3 aromatic rings. The maximum Gasteiger partial charge on any atom is 0.177 e. The average molecular weight is 371 g/mol. The third-order valence-electron chi connectivity index (χ3n) is 5.19. The third-order valence-corrected chi connectivity index (χ3v) is 5.54. The zero-order chi connectivity index (χ0) is 18.3. The van der Waals surface area contributed by atoms with Gasteiger partial charge in [-0.05, 0) is 60.1 Å². The number of nitrogens with one attached hydrogen (secondary N) is 1. The van der Waals surface area contributed by atoms with E-state index in [1.807, 2.05) is 12.1 Å². The van der Waals surface area contributed by atoms with E-state index < -0.39 is 0 Å². The molecule has 0 atom stereocenters. The van der Waals surface area contributed by atoms with E-state index >= 15 is 0 Å². The summed E-state index contributed by atoms with van der Waals surface area (Å²) in [5.74, 6) is 1.57. The number of aromatic nitrogens is 1. The molecule has 1 aliphatic carbocycles. The van der Waals surface area contributed by atoms with Crippen LogP contribution < -0.4 is 10.1 Å². The van der Waals surface area contributed by atoms with Gasteiger partial charge < -0.3 is 14.6 Å². The maximum atomic E-state index is 6.43. The Labute approximate surface area is 158 Å². The number of hydrogen-bond acceptors (Lipinski definition) is 4. The zero-order valence-electron chi connectivity index (χ0n) is 15.4. The highest BCUT2D eigenvalue weighted by Gasteiger charge is 2.25. The molecule has 0 radical (unpaired) electrons. The summed E-state index contributed by atoms with van der Waals surface area (Å²) in [6, 6.07) is 10.2. The number of fused-ring (bicyclic) bond motifs is 2. The van der Waals surface area contributed by atoms with Crippen molar-refractivity contribution >= 4 is 28.4 Å². The quantitative estimate of drug-likeness (QED) is 0.647. The van der Waals surface area contributed by atoms with Crippen LogP contribution in [0.2, 0.25) is 5.02 Å². The van der Waals surface area contributed by atoms with Crippen LogP contribution in [0, 0.1) is 5.41 Å². The fraction of sp³-hybridized carbons (Fsp3) is 0.381. The first-order valence-electron chi connectivity index (χ1n) is 8.95. The van der Waals surface area contributed by atoms with E-state index in [1.165, 1.54) is 17.5 Å². The van der Waals surface area contributed by atoms with Crippen molar-refractivity contribution < 1.29 is 9.26 Å². The van der Waals surface area contributed by atoms with Crippen molar-refractivity contribution in [3.63, 3.8) is 0 Å². The molecule has 0 spiro atoms. The van der Waals surface area contributed by atoms with Gasteiger partial charge in [0.2, 0.25) is 0 Å². The van der Waals surface area contributed by atoms with E-state index in [0.717, 1.165) is 29.5 Å². The van der Waals surface area contributed by atoms with Crippen molar-refractivity contribution in [1.82, 2.24) is 5.16 Å². The Balaban J connectivity index is 1.54. The highest BCUT2D eigenvalue weighted by Crippen LogP contribution is 2.36. The zero-order valence-corrected chi connectivity index (χ0v) is 16.1. The summed E-state index contributed by atoms with van der Waals surface area (Å²) in [5, 5.41) is 8.51. The van der Waals surface area contributed by atoms with E-state index in [0.29, 0.717) is 28.4 Å². The second kappa shape index (κ2) is 6.51. The minimum Gasteiger partial charge on any atom is -0.489 e. The van der Waals surface area contributed by atoms with E-state index in [1.54, 1.807) is 7.05 Å². The molecule has 4 nitrogen and oxygen atoms in total. The molecule has 1 N–H and O–H groups in total. The van der Waals surface area contributed by atoms with Crippen LogP contribution in [0.25, 0.3) is 11.0 Å². The summed E-state index contributed by atoms with van der Waals surface area (Å²) in [6.45, 7) is 5.05. The summed E-state index contributed by atoms with van der Waals surface area (Å²) in [7, 11) is 1.81. The molecule has 0 fully saturated rings. The molecular formula is C21H23ClN2O2. The van der Waals surface area contributed by atoms with Gasteiger partial charge in [0, 0.05) is 17.6 Å². The van der Waals surface area contributed by atoms with Gasteiger partial charge in [-0.2, -0.15) is 0 Å². The molecule has 1 aliphatic rings. The molecule has 0 unspecified atom stereocenters. The Morgan fingerprint density at radius 2 is 2.08 bits per heavy atom. The Morgan fingerprint density at radius 3 is 2.88 bits per heavy atom. The van der Waals surface area contributed by atoms with Gasteiger partial charge in [-0.3, -0.25) is 0 Å². The molecule has 0 amide bonds. The normalized spacial score (nSPS) is 15.7. The predicted molar refractivity (Wildman–Crippen MR) is 105 cm³/mol. The summed E-state index contributed by atoms with van der Waals surface area (Å²) < 4.78 is 11.4. The number of nitrogens with zero attached hydrogens (tertiary/aromatic N) is 1. The van der Waals surface area contributed by atoms with Crippen LogP contribution in [0.15, 0.2) is 34.9 Å². The molecule has 136 valence electrons. The highest BCUT2D eigenvalue weighted by atomic mass is 35.5. The molecule has 5 heteroatoms. The first-order valence-corrected chi connectivity index (χ1v) is 9.33. The topological polar surface area (TPSA) is 47.3 Å². The van der Waals surface area contributed by atoms with Crippen LogP contribution in [0.1, 0.15) is 37.0 Å². The van der Waals surface area contributed by atoms with Crippen LogP contribution in [0.4, 0.5) is 5.82 Å². The lowest BCUT2D eigenvalue weighted by Gasteiger charge is -2.31. The van der Waals surface area contributed by atoms with Crippen LogP contribution in [-0.2, 0) is 19.4 Å². The van der Waals surface area contributed by atoms with Crippen molar-refractivity contribution in [2.24, 2.45) is 5.41 Å². The lowest BCUT2D eigenvalue weighted by Crippen LogP contribution is -2.22. The van der Waals surface area contributed by atoms with E-state index in [9.17, 15) is 0 Å². The van der Waals surface area contributed by atoms with Gasteiger partial charge in [-0.15, -0.1) is 0 Å². The Kier molecular flexibility index (Phi) is 4.31. The number of anilines is 1. The van der Waals surface area contributed by atoms with Crippen molar-refractivity contribution in [3.05, 3.63) is 52.0 Å². The molecule has 26 heavy (non-hydrogen) atoms. The van der Waals surface area contributed by atoms with E-state index in [4.69, 9.17) is 20.9 Å². The lowest BCUT2D eigenvalue weighted by molar-refractivity contribution is 0.298. The fourth-order valence-corrected chi connectivity index (χ4v) is 3.85. The standard InChI is InChI=1S/C21H23ClN2O2/c1-21(2)7-6-13-4-5-16(8-14(13)11-21)25-12-15-9-19-17(10-18(15)22)20(23-3)24-26-19/h4-5,8-10H,6-7,11-12H2,1-3H3,(H,23,24). The molecule has 0 aliphatic heterocycles. The molecule has 1 aromatic heterocycles. The molecule has 2 aromatic carbocycles. The van der Waals surface area contributed by atoms with Gasteiger partial charge in [0.05, 0.1) is 5.39 Å². The van der Waals surface area contributed by atoms with Crippen LogP contribution in [0.5, 0.6) is 5.75 Å². The molecule has 0 bridgehead atoms. The molecular weight excluding hydrogens is 348 g/mol. The van der Waals surface area contributed by atoms with Crippen LogP contribution >= 0.6 is 11.6 Å². The van der Waals surface area contributed by atoms with Crippen LogP contribution in [0.3, 0.4) is 0 Å². The van der Waals surface area contributed by atoms with Crippen molar-refractivity contribution in [3.8, 4) is 5.75 Å². The summed E-state index contributed by atoms with van der Waals surface area (Å²) in [4.78, 5) is 0. The Hall–Kier alpha value is -2.20. The van der Waals surface area contributed by atoms with Crippen LogP contribution in [-0.4, -0.2) is 12.2 Å². The summed E-state index contributed by atoms with van der Waals surface area (Å²) in [5.41, 5.74) is 4.78. The van der Waals surface area contributed by atoms with E-state index in [2.05, 4.69) is 42.5 Å². The smallest absolute Gasteiger partial charge is 0.177 e. The van der Waals surface area contributed by atoms with Gasteiger partial charge in [0.25, 0.3) is 0 Å². The highest BCUT2D eigenvalue weighted by molar-refractivity contribution is 6.32. The summed E-state index contributed by atoms with van der Waals surface area (Å²) in [6.07, 6.45) is 3.48. The first-order chi connectivity index (χ1) is 12.4. The Bertz CT molecular complexity index is 962. The molecule has 0 saturated carbocycles. The van der Waals surface area contributed by atoms with Gasteiger partial charge in [0.15, 0.2) is 11.4 Å². The van der Waals surface area contributed by atoms with Gasteiger partial charge in [-0.1, -0.05) is 36.7 Å². The third kappa shape index (κ3) is 3.26. The average Bonchev–Trinajstić information content (AvgIpc) is 3.00. The van der Waals surface area contributed by atoms with E-state index in [-0.39, 0.29) is 0 Å². The number of hydrogen-bond donors (Lipinski definition) is 1. The molecule has 1 heterocycles. The first kappa shape index (κ1) is 17.2. The number of benzene rings is 2. The van der Waals surface area contributed by atoms with Crippen molar-refractivity contribution in [2.75, 3.05) is 12.4 Å². The summed E-state index contributed by atoms with van der Waals surface area (Å²) >= 11 is 6.43. The minimum absolute atomic E-state index is 0.358. The molecule has 0 saturated heterocycles. The van der Waals surface area contributed by atoms with Gasteiger partial charge in [0.1, 0.15) is 12.4 Å².